The van der Waals surface area contributed by atoms with E-state index in [1.165, 1.54) is 13.0 Å². The summed E-state index contributed by atoms with van der Waals surface area (Å²) in [5.74, 6) is -2.47. The maximum Gasteiger partial charge on any atom is 0.573 e. The summed E-state index contributed by atoms with van der Waals surface area (Å²) in [7, 11) is 0. The quantitative estimate of drug-likeness (QED) is 0.841. The number of ether oxygens (including phenoxy) is 2. The number of esters is 1. The van der Waals surface area contributed by atoms with Crippen molar-refractivity contribution in [2.24, 2.45) is 0 Å². The standard InChI is InChI=1S/C10H8F3N3O3/c1-2-18-9(17)7-5(3-14)8(15)16-4-6(7)19-10(11,12)13/h4H,2H2,1H3,(H2,15,16). The second-order valence-corrected chi connectivity index (χ2v) is 3.14. The molecule has 0 aliphatic heterocycles. The number of pyridine rings is 1. The van der Waals surface area contributed by atoms with Crippen molar-refractivity contribution in [1.29, 1.82) is 5.26 Å². The number of alkyl halides is 3. The van der Waals surface area contributed by atoms with Crippen LogP contribution in [0.3, 0.4) is 0 Å². The minimum absolute atomic E-state index is 0.0859. The highest BCUT2D eigenvalue weighted by molar-refractivity contribution is 5.96. The van der Waals surface area contributed by atoms with Crippen LogP contribution in [0.4, 0.5) is 19.0 Å². The Balaban J connectivity index is 3.39. The number of carbonyl (C=O) groups excluding carboxylic acids is 1. The fourth-order valence-corrected chi connectivity index (χ4v) is 1.23. The summed E-state index contributed by atoms with van der Waals surface area (Å²) in [4.78, 5) is 14.9. The van der Waals surface area contributed by atoms with E-state index in [-0.39, 0.29) is 12.4 Å². The second-order valence-electron chi connectivity index (χ2n) is 3.14. The molecule has 0 fully saturated rings. The van der Waals surface area contributed by atoms with Crippen LogP contribution in [0.1, 0.15) is 22.8 Å². The molecule has 19 heavy (non-hydrogen) atoms. The molecule has 0 aliphatic rings. The van der Waals surface area contributed by atoms with Crippen LogP contribution in [0.5, 0.6) is 5.75 Å². The molecule has 0 radical (unpaired) electrons. The number of nitriles is 1. The van der Waals surface area contributed by atoms with E-state index < -0.39 is 29.2 Å². The third-order valence-corrected chi connectivity index (χ3v) is 1.89. The van der Waals surface area contributed by atoms with Gasteiger partial charge in [-0.25, -0.2) is 9.78 Å². The summed E-state index contributed by atoms with van der Waals surface area (Å²) in [5.41, 5.74) is 4.09. The molecule has 9 heteroatoms. The van der Waals surface area contributed by atoms with Crippen molar-refractivity contribution in [3.63, 3.8) is 0 Å². The van der Waals surface area contributed by atoms with Gasteiger partial charge in [0.15, 0.2) is 5.75 Å². The van der Waals surface area contributed by atoms with Gasteiger partial charge in [0.2, 0.25) is 0 Å². The molecule has 0 saturated heterocycles. The van der Waals surface area contributed by atoms with Gasteiger partial charge in [0.05, 0.1) is 12.8 Å². The summed E-state index contributed by atoms with van der Waals surface area (Å²) in [5, 5.41) is 8.82. The molecule has 0 saturated carbocycles. The molecule has 0 spiro atoms. The molecule has 1 aromatic heterocycles. The molecular weight excluding hydrogens is 267 g/mol. The van der Waals surface area contributed by atoms with E-state index in [0.717, 1.165) is 0 Å². The Morgan fingerprint density at radius 1 is 1.58 bits per heavy atom. The minimum atomic E-state index is -5.04. The number of aromatic nitrogens is 1. The fraction of sp³-hybridized carbons (Fsp3) is 0.300. The van der Waals surface area contributed by atoms with Crippen molar-refractivity contribution < 1.29 is 27.4 Å². The molecule has 0 unspecified atom stereocenters. The van der Waals surface area contributed by atoms with Crippen molar-refractivity contribution in [2.75, 3.05) is 12.3 Å². The number of hydrogen-bond acceptors (Lipinski definition) is 6. The SMILES string of the molecule is CCOC(=O)c1c(OC(F)(F)F)cnc(N)c1C#N. The first-order valence-electron chi connectivity index (χ1n) is 4.91. The van der Waals surface area contributed by atoms with Gasteiger partial charge in [0, 0.05) is 0 Å². The molecule has 102 valence electrons. The summed E-state index contributed by atoms with van der Waals surface area (Å²) >= 11 is 0. The van der Waals surface area contributed by atoms with Gasteiger partial charge in [0.25, 0.3) is 0 Å². The first-order valence-corrected chi connectivity index (χ1v) is 4.91. The van der Waals surface area contributed by atoms with Crippen LogP contribution < -0.4 is 10.5 Å². The smallest absolute Gasteiger partial charge is 0.462 e. The largest absolute Gasteiger partial charge is 0.573 e. The highest BCUT2D eigenvalue weighted by Crippen LogP contribution is 2.30. The van der Waals surface area contributed by atoms with Crippen LogP contribution in [0.25, 0.3) is 0 Å². The van der Waals surface area contributed by atoms with Gasteiger partial charge in [-0.3, -0.25) is 0 Å². The van der Waals surface area contributed by atoms with Crippen LogP contribution in [0.15, 0.2) is 6.20 Å². The van der Waals surface area contributed by atoms with Gasteiger partial charge < -0.3 is 15.2 Å². The topological polar surface area (TPSA) is 98.2 Å². The molecule has 6 nitrogen and oxygen atoms in total. The van der Waals surface area contributed by atoms with E-state index in [1.54, 1.807) is 0 Å². The molecule has 2 N–H and O–H groups in total. The molecule has 1 aromatic rings. The zero-order valence-electron chi connectivity index (χ0n) is 9.61. The van der Waals surface area contributed by atoms with Gasteiger partial charge in [-0.1, -0.05) is 0 Å². The lowest BCUT2D eigenvalue weighted by atomic mass is 10.1. The summed E-state index contributed by atoms with van der Waals surface area (Å²) in [6.45, 7) is 1.37. The number of nitrogens with two attached hydrogens (primary N) is 1. The lowest BCUT2D eigenvalue weighted by molar-refractivity contribution is -0.274. The average molecular weight is 275 g/mol. The average Bonchev–Trinajstić information content (AvgIpc) is 2.29. The van der Waals surface area contributed by atoms with Crippen molar-refractivity contribution in [3.8, 4) is 11.8 Å². The number of hydrogen-bond donors (Lipinski definition) is 1. The van der Waals surface area contributed by atoms with Crippen molar-refractivity contribution in [2.45, 2.75) is 13.3 Å². The summed E-state index contributed by atoms with van der Waals surface area (Å²) < 4.78 is 44.8. The van der Waals surface area contributed by atoms with Gasteiger partial charge in [-0.2, -0.15) is 5.26 Å². The Labute approximate surface area is 105 Å². The van der Waals surface area contributed by atoms with Crippen molar-refractivity contribution >= 4 is 11.8 Å². The van der Waals surface area contributed by atoms with Gasteiger partial charge in [-0.05, 0) is 6.92 Å². The lowest BCUT2D eigenvalue weighted by Gasteiger charge is -2.13. The van der Waals surface area contributed by atoms with Gasteiger partial charge in [0.1, 0.15) is 23.0 Å². The fourth-order valence-electron chi connectivity index (χ4n) is 1.23. The van der Waals surface area contributed by atoms with Crippen molar-refractivity contribution in [1.82, 2.24) is 4.98 Å². The third kappa shape index (κ3) is 3.48. The van der Waals surface area contributed by atoms with Crippen LogP contribution >= 0.6 is 0 Å². The second kappa shape index (κ2) is 5.43. The first-order chi connectivity index (χ1) is 8.80. The van der Waals surface area contributed by atoms with E-state index >= 15 is 0 Å². The Bertz CT molecular complexity index is 537. The van der Waals surface area contributed by atoms with Gasteiger partial charge in [-0.15, -0.1) is 13.2 Å². The maximum atomic E-state index is 12.2. The number of rotatable bonds is 3. The molecule has 0 aromatic carbocycles. The Kier molecular flexibility index (Phi) is 4.16. The van der Waals surface area contributed by atoms with E-state index in [2.05, 4.69) is 14.5 Å². The predicted molar refractivity (Wildman–Crippen MR) is 56.0 cm³/mol. The Morgan fingerprint density at radius 2 is 2.21 bits per heavy atom. The van der Waals surface area contributed by atoms with E-state index in [4.69, 9.17) is 11.0 Å². The molecule has 1 rings (SSSR count). The van der Waals surface area contributed by atoms with Crippen molar-refractivity contribution in [3.05, 3.63) is 17.3 Å². The van der Waals surface area contributed by atoms with Crippen LogP contribution in [-0.2, 0) is 4.74 Å². The summed E-state index contributed by atoms with van der Waals surface area (Å²) in [6, 6.07) is 1.49. The molecule has 0 aliphatic carbocycles. The number of carbonyl (C=O) groups is 1. The molecular formula is C10H8F3N3O3. The Hall–Kier alpha value is -2.50. The van der Waals surface area contributed by atoms with Crippen LogP contribution in [0, 0.1) is 11.3 Å². The Morgan fingerprint density at radius 3 is 2.68 bits per heavy atom. The molecule has 0 amide bonds. The van der Waals surface area contributed by atoms with Gasteiger partial charge >= 0.3 is 12.3 Å². The van der Waals surface area contributed by atoms with E-state index in [9.17, 15) is 18.0 Å². The number of nitrogens with zero attached hydrogens (tertiary/aromatic N) is 2. The zero-order valence-corrected chi connectivity index (χ0v) is 9.61. The van der Waals surface area contributed by atoms with E-state index in [0.29, 0.717) is 6.20 Å². The minimum Gasteiger partial charge on any atom is -0.462 e. The van der Waals surface area contributed by atoms with E-state index in [1.807, 2.05) is 0 Å². The molecule has 0 atom stereocenters. The van der Waals surface area contributed by atoms with Crippen LogP contribution in [-0.4, -0.2) is 23.9 Å². The monoisotopic (exact) mass is 275 g/mol. The highest BCUT2D eigenvalue weighted by atomic mass is 19.4. The number of nitrogen functional groups attached to an aromatic ring is 1. The zero-order chi connectivity index (χ0) is 14.6. The summed E-state index contributed by atoms with van der Waals surface area (Å²) in [6.07, 6.45) is -4.43. The molecule has 1 heterocycles. The highest BCUT2D eigenvalue weighted by Gasteiger charge is 2.35. The maximum absolute atomic E-state index is 12.2. The molecule has 0 bridgehead atoms. The third-order valence-electron chi connectivity index (χ3n) is 1.89. The lowest BCUT2D eigenvalue weighted by Crippen LogP contribution is -2.21. The number of halogens is 3. The van der Waals surface area contributed by atoms with Crippen LogP contribution in [0.2, 0.25) is 0 Å². The number of anilines is 1. The first kappa shape index (κ1) is 14.6. The normalized spacial score (nSPS) is 10.7. The predicted octanol–water partition coefficient (Wildman–Crippen LogP) is 1.61.